The smallest absolute Gasteiger partial charge is 0.0283 e. The van der Waals surface area contributed by atoms with Gasteiger partial charge in [-0.3, -0.25) is 0 Å². The van der Waals surface area contributed by atoms with Crippen LogP contribution in [-0.4, -0.2) is 5.88 Å². The summed E-state index contributed by atoms with van der Waals surface area (Å²) >= 11 is 9.54. The molecular formula is C12H14BrCl. The Labute approximate surface area is 98.8 Å². The highest BCUT2D eigenvalue weighted by Gasteiger charge is 2.35. The standard InChI is InChI=1S/C12H14BrCl/c13-11-4-1-3-10(7-11)8-12(9-14)5-2-6-12/h1,3-4,7H,2,5-6,8-9H2. The van der Waals surface area contributed by atoms with Gasteiger partial charge in [0, 0.05) is 10.4 Å². The third kappa shape index (κ3) is 2.14. The third-order valence-corrected chi connectivity index (χ3v) is 4.23. The van der Waals surface area contributed by atoms with E-state index in [-0.39, 0.29) is 0 Å². The summed E-state index contributed by atoms with van der Waals surface area (Å²) in [6.07, 6.45) is 5.07. The van der Waals surface area contributed by atoms with Gasteiger partial charge in [-0.05, 0) is 42.4 Å². The highest BCUT2D eigenvalue weighted by Crippen LogP contribution is 2.44. The highest BCUT2D eigenvalue weighted by molar-refractivity contribution is 9.10. The van der Waals surface area contributed by atoms with Crippen molar-refractivity contribution in [1.29, 1.82) is 0 Å². The van der Waals surface area contributed by atoms with Gasteiger partial charge in [-0.1, -0.05) is 34.5 Å². The van der Waals surface area contributed by atoms with Gasteiger partial charge in [-0.15, -0.1) is 11.6 Å². The first kappa shape index (κ1) is 10.5. The van der Waals surface area contributed by atoms with Crippen LogP contribution in [-0.2, 0) is 6.42 Å². The quantitative estimate of drug-likeness (QED) is 0.716. The molecule has 1 aromatic carbocycles. The van der Waals surface area contributed by atoms with Crippen LogP contribution in [0.5, 0.6) is 0 Å². The second kappa shape index (κ2) is 4.24. The maximum absolute atomic E-state index is 6.04. The maximum Gasteiger partial charge on any atom is 0.0283 e. The van der Waals surface area contributed by atoms with E-state index >= 15 is 0 Å². The van der Waals surface area contributed by atoms with E-state index in [1.54, 1.807) is 0 Å². The van der Waals surface area contributed by atoms with Crippen LogP contribution in [0.1, 0.15) is 24.8 Å². The van der Waals surface area contributed by atoms with Crippen molar-refractivity contribution in [2.24, 2.45) is 5.41 Å². The third-order valence-electron chi connectivity index (χ3n) is 3.17. The van der Waals surface area contributed by atoms with Crippen LogP contribution in [0.3, 0.4) is 0 Å². The Morgan fingerprint density at radius 1 is 1.36 bits per heavy atom. The summed E-state index contributed by atoms with van der Waals surface area (Å²) in [6.45, 7) is 0. The molecule has 2 heteroatoms. The molecule has 0 atom stereocenters. The van der Waals surface area contributed by atoms with Crippen molar-refractivity contribution in [2.75, 3.05) is 5.88 Å². The van der Waals surface area contributed by atoms with Crippen molar-refractivity contribution in [3.63, 3.8) is 0 Å². The van der Waals surface area contributed by atoms with E-state index in [1.807, 2.05) is 0 Å². The Hall–Kier alpha value is -0.0100. The molecule has 1 fully saturated rings. The van der Waals surface area contributed by atoms with E-state index in [4.69, 9.17) is 11.6 Å². The van der Waals surface area contributed by atoms with E-state index < -0.39 is 0 Å². The minimum atomic E-state index is 0.405. The normalized spacial score (nSPS) is 19.0. The van der Waals surface area contributed by atoms with Crippen LogP contribution in [0, 0.1) is 5.41 Å². The molecule has 0 bridgehead atoms. The maximum atomic E-state index is 6.04. The van der Waals surface area contributed by atoms with Gasteiger partial charge >= 0.3 is 0 Å². The molecule has 0 spiro atoms. The van der Waals surface area contributed by atoms with Crippen LogP contribution in [0.2, 0.25) is 0 Å². The van der Waals surface area contributed by atoms with E-state index in [2.05, 4.69) is 40.2 Å². The van der Waals surface area contributed by atoms with Gasteiger partial charge in [0.25, 0.3) is 0 Å². The molecule has 1 aliphatic rings. The first-order valence-electron chi connectivity index (χ1n) is 5.05. The minimum Gasteiger partial charge on any atom is -0.126 e. The average molecular weight is 274 g/mol. The molecule has 1 saturated carbocycles. The molecule has 0 radical (unpaired) electrons. The molecule has 0 unspecified atom stereocenters. The summed E-state index contributed by atoms with van der Waals surface area (Å²) in [5, 5.41) is 0. The summed E-state index contributed by atoms with van der Waals surface area (Å²) in [4.78, 5) is 0. The Kier molecular flexibility index (Phi) is 3.18. The number of benzene rings is 1. The molecule has 0 nitrogen and oxygen atoms in total. The van der Waals surface area contributed by atoms with Crippen molar-refractivity contribution >= 4 is 27.5 Å². The van der Waals surface area contributed by atoms with Crippen molar-refractivity contribution in [2.45, 2.75) is 25.7 Å². The molecule has 76 valence electrons. The van der Waals surface area contributed by atoms with Crippen molar-refractivity contribution in [3.8, 4) is 0 Å². The summed E-state index contributed by atoms with van der Waals surface area (Å²) in [5.41, 5.74) is 1.81. The molecule has 0 saturated heterocycles. The van der Waals surface area contributed by atoms with Crippen molar-refractivity contribution < 1.29 is 0 Å². The summed E-state index contributed by atoms with van der Waals surface area (Å²) < 4.78 is 1.17. The number of hydrogen-bond acceptors (Lipinski definition) is 0. The molecular weight excluding hydrogens is 259 g/mol. The number of halogens is 2. The van der Waals surface area contributed by atoms with Crippen molar-refractivity contribution in [3.05, 3.63) is 34.3 Å². The summed E-state index contributed by atoms with van der Waals surface area (Å²) in [7, 11) is 0. The Morgan fingerprint density at radius 2 is 2.14 bits per heavy atom. The van der Waals surface area contributed by atoms with E-state index in [0.29, 0.717) is 5.41 Å². The molecule has 0 heterocycles. The molecule has 0 amide bonds. The van der Waals surface area contributed by atoms with Crippen LogP contribution in [0.4, 0.5) is 0 Å². The molecule has 1 aliphatic carbocycles. The zero-order chi connectivity index (χ0) is 10.0. The Morgan fingerprint density at radius 3 is 2.64 bits per heavy atom. The molecule has 0 aliphatic heterocycles. The lowest BCUT2D eigenvalue weighted by molar-refractivity contribution is 0.166. The lowest BCUT2D eigenvalue weighted by Crippen LogP contribution is -2.33. The zero-order valence-electron chi connectivity index (χ0n) is 8.10. The molecule has 0 N–H and O–H groups in total. The largest absolute Gasteiger partial charge is 0.126 e. The Balaban J connectivity index is 2.09. The predicted molar refractivity (Wildman–Crippen MR) is 64.9 cm³/mol. The second-order valence-electron chi connectivity index (χ2n) is 4.29. The first-order chi connectivity index (χ1) is 6.74. The van der Waals surface area contributed by atoms with E-state index in [1.165, 1.54) is 29.3 Å². The number of hydrogen-bond donors (Lipinski definition) is 0. The second-order valence-corrected chi connectivity index (χ2v) is 5.48. The fraction of sp³-hybridized carbons (Fsp3) is 0.500. The fourth-order valence-corrected chi connectivity index (χ4v) is 2.92. The van der Waals surface area contributed by atoms with Gasteiger partial charge in [0.2, 0.25) is 0 Å². The first-order valence-corrected chi connectivity index (χ1v) is 6.37. The summed E-state index contributed by atoms with van der Waals surface area (Å²) in [6, 6.07) is 8.56. The highest BCUT2D eigenvalue weighted by atomic mass is 79.9. The fourth-order valence-electron chi connectivity index (χ4n) is 2.11. The van der Waals surface area contributed by atoms with Gasteiger partial charge in [-0.25, -0.2) is 0 Å². The van der Waals surface area contributed by atoms with Crippen LogP contribution >= 0.6 is 27.5 Å². The average Bonchev–Trinajstić information content (AvgIpc) is 2.11. The van der Waals surface area contributed by atoms with Gasteiger partial charge in [0.15, 0.2) is 0 Å². The zero-order valence-corrected chi connectivity index (χ0v) is 10.4. The topological polar surface area (TPSA) is 0 Å². The van der Waals surface area contributed by atoms with Gasteiger partial charge in [-0.2, -0.15) is 0 Å². The van der Waals surface area contributed by atoms with Gasteiger partial charge < -0.3 is 0 Å². The SMILES string of the molecule is ClCC1(Cc2cccc(Br)c2)CCC1. The van der Waals surface area contributed by atoms with E-state index in [9.17, 15) is 0 Å². The molecule has 1 aromatic rings. The lowest BCUT2D eigenvalue weighted by Gasteiger charge is -2.40. The van der Waals surface area contributed by atoms with Crippen LogP contribution in [0.15, 0.2) is 28.7 Å². The Bertz CT molecular complexity index is 312. The van der Waals surface area contributed by atoms with Crippen LogP contribution < -0.4 is 0 Å². The molecule has 0 aromatic heterocycles. The molecule has 2 rings (SSSR count). The molecule has 14 heavy (non-hydrogen) atoms. The van der Waals surface area contributed by atoms with Gasteiger partial charge in [0.1, 0.15) is 0 Å². The lowest BCUT2D eigenvalue weighted by atomic mass is 9.67. The number of alkyl halides is 1. The van der Waals surface area contributed by atoms with Gasteiger partial charge in [0.05, 0.1) is 0 Å². The summed E-state index contributed by atoms with van der Waals surface area (Å²) in [5.74, 6) is 0.805. The minimum absolute atomic E-state index is 0.405. The van der Waals surface area contributed by atoms with Crippen LogP contribution in [0.25, 0.3) is 0 Å². The monoisotopic (exact) mass is 272 g/mol. The van der Waals surface area contributed by atoms with E-state index in [0.717, 1.165) is 12.3 Å². The predicted octanol–water partition coefficient (Wildman–Crippen LogP) is 4.40. The number of rotatable bonds is 3. The van der Waals surface area contributed by atoms with Crippen molar-refractivity contribution in [1.82, 2.24) is 0 Å².